The minimum atomic E-state index is -0.0964. The van der Waals surface area contributed by atoms with Crippen LogP contribution < -0.4 is 5.73 Å². The van der Waals surface area contributed by atoms with Crippen LogP contribution in [0.2, 0.25) is 0 Å². The van der Waals surface area contributed by atoms with E-state index in [9.17, 15) is 0 Å². The Bertz CT molecular complexity index is 446. The molecule has 0 saturated carbocycles. The summed E-state index contributed by atoms with van der Waals surface area (Å²) in [6.07, 6.45) is 9.44. The fourth-order valence-electron chi connectivity index (χ4n) is 1.52. The van der Waals surface area contributed by atoms with Gasteiger partial charge in [0.15, 0.2) is 0 Å². The zero-order valence-electron chi connectivity index (χ0n) is 9.13. The number of aromatic nitrogens is 1. The van der Waals surface area contributed by atoms with E-state index < -0.39 is 0 Å². The predicted molar refractivity (Wildman–Crippen MR) is 64.4 cm³/mol. The summed E-state index contributed by atoms with van der Waals surface area (Å²) in [4.78, 5) is 4.23. The number of ether oxygens (including phenoxy) is 1. The molecule has 0 radical (unpaired) electrons. The molecular weight excluding hydrogens is 200 g/mol. The number of pyridine rings is 1. The summed E-state index contributed by atoms with van der Waals surface area (Å²) in [6, 6.07) is 5.68. The van der Waals surface area contributed by atoms with E-state index in [1.807, 2.05) is 42.5 Å². The molecule has 3 heteroatoms. The highest BCUT2D eigenvalue weighted by atomic mass is 16.5. The van der Waals surface area contributed by atoms with E-state index in [1.165, 1.54) is 0 Å². The van der Waals surface area contributed by atoms with Gasteiger partial charge >= 0.3 is 0 Å². The molecule has 82 valence electrons. The molecule has 0 amide bonds. The van der Waals surface area contributed by atoms with E-state index in [1.54, 1.807) is 13.3 Å². The normalized spacial score (nSPS) is 22.0. The van der Waals surface area contributed by atoms with E-state index in [4.69, 9.17) is 10.5 Å². The van der Waals surface area contributed by atoms with Crippen LogP contribution in [-0.2, 0) is 4.74 Å². The molecule has 1 unspecified atom stereocenters. The Morgan fingerprint density at radius 3 is 3.00 bits per heavy atom. The van der Waals surface area contributed by atoms with Crippen LogP contribution in [0.5, 0.6) is 0 Å². The lowest BCUT2D eigenvalue weighted by molar-refractivity contribution is 0.305. The summed E-state index contributed by atoms with van der Waals surface area (Å²) in [7, 11) is 1.64. The van der Waals surface area contributed by atoms with Crippen molar-refractivity contribution in [1.29, 1.82) is 0 Å². The predicted octanol–water partition coefficient (Wildman–Crippen LogP) is 1.89. The highest BCUT2D eigenvalue weighted by molar-refractivity contribution is 5.57. The van der Waals surface area contributed by atoms with Crippen molar-refractivity contribution in [2.75, 3.05) is 7.11 Å². The van der Waals surface area contributed by atoms with Crippen LogP contribution in [0.1, 0.15) is 5.69 Å². The lowest BCUT2D eigenvalue weighted by Crippen LogP contribution is -2.21. The third kappa shape index (κ3) is 2.38. The number of nitrogens with two attached hydrogens (primary N) is 1. The first-order valence-corrected chi connectivity index (χ1v) is 5.11. The van der Waals surface area contributed by atoms with Crippen LogP contribution in [0, 0.1) is 0 Å². The third-order valence-electron chi connectivity index (χ3n) is 2.40. The second-order valence-corrected chi connectivity index (χ2v) is 3.53. The topological polar surface area (TPSA) is 48.1 Å². The zero-order valence-corrected chi connectivity index (χ0v) is 9.13. The lowest BCUT2D eigenvalue weighted by atomic mass is 10.0. The largest absolute Gasteiger partial charge is 0.497 e. The molecule has 2 rings (SSSR count). The Balaban J connectivity index is 2.30. The molecule has 0 bridgehead atoms. The average molecular weight is 214 g/mol. The summed E-state index contributed by atoms with van der Waals surface area (Å²) < 4.78 is 5.16. The third-order valence-corrected chi connectivity index (χ3v) is 2.40. The number of allylic oxidation sites excluding steroid dienone is 1. The van der Waals surface area contributed by atoms with Crippen LogP contribution in [0.3, 0.4) is 0 Å². The van der Waals surface area contributed by atoms with Gasteiger partial charge in [0.05, 0.1) is 12.8 Å². The van der Waals surface area contributed by atoms with Gasteiger partial charge in [0.25, 0.3) is 0 Å². The minimum absolute atomic E-state index is 0.0964. The second-order valence-electron chi connectivity index (χ2n) is 3.53. The SMILES string of the molecule is COC1=CC(=Cc2ccccn2)C(N)C=C1. The van der Waals surface area contributed by atoms with Crippen LogP contribution in [-0.4, -0.2) is 18.1 Å². The van der Waals surface area contributed by atoms with Crippen molar-refractivity contribution in [3.8, 4) is 0 Å². The maximum Gasteiger partial charge on any atom is 0.118 e. The van der Waals surface area contributed by atoms with Gasteiger partial charge in [-0.3, -0.25) is 4.98 Å². The van der Waals surface area contributed by atoms with E-state index >= 15 is 0 Å². The van der Waals surface area contributed by atoms with Crippen molar-refractivity contribution < 1.29 is 4.74 Å². The second kappa shape index (κ2) is 4.77. The Labute approximate surface area is 94.9 Å². The Hall–Kier alpha value is -1.87. The fraction of sp³-hybridized carbons (Fsp3) is 0.154. The van der Waals surface area contributed by atoms with Crippen molar-refractivity contribution in [2.24, 2.45) is 5.73 Å². The standard InChI is InChI=1S/C13H14N2O/c1-16-12-5-6-13(14)10(9-12)8-11-4-2-3-7-15-11/h2-9,13H,14H2,1H3. The fourth-order valence-corrected chi connectivity index (χ4v) is 1.52. The van der Waals surface area contributed by atoms with Gasteiger partial charge < -0.3 is 10.5 Å². The summed E-state index contributed by atoms with van der Waals surface area (Å²) in [5.74, 6) is 0.809. The number of nitrogens with zero attached hydrogens (tertiary/aromatic N) is 1. The maximum atomic E-state index is 5.96. The molecule has 3 nitrogen and oxygen atoms in total. The molecule has 1 aliphatic carbocycles. The van der Waals surface area contributed by atoms with Crippen molar-refractivity contribution in [2.45, 2.75) is 6.04 Å². The highest BCUT2D eigenvalue weighted by Crippen LogP contribution is 2.17. The van der Waals surface area contributed by atoms with Gasteiger partial charge in [0.2, 0.25) is 0 Å². The summed E-state index contributed by atoms with van der Waals surface area (Å²) in [5.41, 5.74) is 7.86. The monoisotopic (exact) mass is 214 g/mol. The van der Waals surface area contributed by atoms with Crippen LogP contribution >= 0.6 is 0 Å². The molecule has 0 saturated heterocycles. The summed E-state index contributed by atoms with van der Waals surface area (Å²) >= 11 is 0. The number of hydrogen-bond donors (Lipinski definition) is 1. The van der Waals surface area contributed by atoms with Crippen LogP contribution in [0.25, 0.3) is 6.08 Å². The Morgan fingerprint density at radius 1 is 1.44 bits per heavy atom. The summed E-state index contributed by atoms with van der Waals surface area (Å²) in [5, 5.41) is 0. The molecule has 2 N–H and O–H groups in total. The first kappa shape index (κ1) is 10.6. The van der Waals surface area contributed by atoms with Crippen molar-refractivity contribution in [3.05, 3.63) is 59.7 Å². The van der Waals surface area contributed by atoms with E-state index in [-0.39, 0.29) is 6.04 Å². The van der Waals surface area contributed by atoms with Gasteiger partial charge in [-0.2, -0.15) is 0 Å². The molecule has 0 aliphatic heterocycles. The van der Waals surface area contributed by atoms with Gasteiger partial charge in [0.1, 0.15) is 5.76 Å². The molecule has 0 aromatic carbocycles. The zero-order chi connectivity index (χ0) is 11.4. The van der Waals surface area contributed by atoms with Gasteiger partial charge in [-0.25, -0.2) is 0 Å². The maximum absolute atomic E-state index is 5.96. The van der Waals surface area contributed by atoms with Crippen molar-refractivity contribution in [1.82, 2.24) is 4.98 Å². The minimum Gasteiger partial charge on any atom is -0.497 e. The molecule has 0 fully saturated rings. The first-order chi connectivity index (χ1) is 7.79. The van der Waals surface area contributed by atoms with Crippen molar-refractivity contribution >= 4 is 6.08 Å². The molecule has 16 heavy (non-hydrogen) atoms. The molecule has 1 aliphatic rings. The number of methoxy groups -OCH3 is 1. The molecule has 1 aromatic heterocycles. The molecule has 1 aromatic rings. The first-order valence-electron chi connectivity index (χ1n) is 5.11. The van der Waals surface area contributed by atoms with E-state index in [0.717, 1.165) is 17.0 Å². The summed E-state index contributed by atoms with van der Waals surface area (Å²) in [6.45, 7) is 0. The van der Waals surface area contributed by atoms with Gasteiger partial charge in [-0.15, -0.1) is 0 Å². The van der Waals surface area contributed by atoms with Gasteiger partial charge in [-0.05, 0) is 35.9 Å². The van der Waals surface area contributed by atoms with Gasteiger partial charge in [-0.1, -0.05) is 12.1 Å². The molecule has 0 spiro atoms. The Morgan fingerprint density at radius 2 is 2.31 bits per heavy atom. The Kier molecular flexibility index (Phi) is 3.17. The quantitative estimate of drug-likeness (QED) is 0.817. The lowest BCUT2D eigenvalue weighted by Gasteiger charge is -2.14. The average Bonchev–Trinajstić information content (AvgIpc) is 2.33. The van der Waals surface area contributed by atoms with Crippen LogP contribution in [0.15, 0.2) is 54.0 Å². The molecule has 1 atom stereocenters. The molecule has 1 heterocycles. The van der Waals surface area contributed by atoms with E-state index in [0.29, 0.717) is 0 Å². The number of hydrogen-bond acceptors (Lipinski definition) is 3. The van der Waals surface area contributed by atoms with Crippen LogP contribution in [0.4, 0.5) is 0 Å². The highest BCUT2D eigenvalue weighted by Gasteiger charge is 2.10. The number of rotatable bonds is 2. The van der Waals surface area contributed by atoms with Gasteiger partial charge in [0, 0.05) is 12.2 Å². The van der Waals surface area contributed by atoms with Crippen molar-refractivity contribution in [3.63, 3.8) is 0 Å². The molecular formula is C13H14N2O. The van der Waals surface area contributed by atoms with E-state index in [2.05, 4.69) is 4.98 Å². The smallest absolute Gasteiger partial charge is 0.118 e.